The van der Waals surface area contributed by atoms with Gasteiger partial charge in [-0.1, -0.05) is 38.1 Å². The summed E-state index contributed by atoms with van der Waals surface area (Å²) in [5.74, 6) is 1.46. The number of nitrogens with zero attached hydrogens (tertiary/aromatic N) is 2. The zero-order valence-corrected chi connectivity index (χ0v) is 22.3. The lowest BCUT2D eigenvalue weighted by atomic mass is 9.88. The van der Waals surface area contributed by atoms with Gasteiger partial charge < -0.3 is 20.3 Å². The number of carbonyl (C=O) groups is 2. The van der Waals surface area contributed by atoms with Crippen molar-refractivity contribution in [3.63, 3.8) is 0 Å². The number of urea groups is 1. The van der Waals surface area contributed by atoms with Crippen molar-refractivity contribution >= 4 is 45.7 Å². The summed E-state index contributed by atoms with van der Waals surface area (Å²) in [6.07, 6.45) is 8.01. The third-order valence-corrected chi connectivity index (χ3v) is 7.18. The van der Waals surface area contributed by atoms with Crippen LogP contribution >= 0.6 is 11.6 Å². The Morgan fingerprint density at radius 3 is 2.68 bits per heavy atom. The Morgan fingerprint density at radius 1 is 1.21 bits per heavy atom. The molecule has 1 fully saturated rings. The highest BCUT2D eigenvalue weighted by Crippen LogP contribution is 2.38. The van der Waals surface area contributed by atoms with Gasteiger partial charge in [-0.2, -0.15) is 0 Å². The molecule has 1 aromatic heterocycles. The van der Waals surface area contributed by atoms with Crippen LogP contribution in [0.2, 0.25) is 5.02 Å². The van der Waals surface area contributed by atoms with E-state index in [0.717, 1.165) is 35.7 Å². The first-order chi connectivity index (χ1) is 18.3. The second kappa shape index (κ2) is 10.9. The molecule has 3 aromatic rings. The minimum atomic E-state index is -0.259. The molecule has 3 amide bonds. The van der Waals surface area contributed by atoms with Gasteiger partial charge in [0.15, 0.2) is 0 Å². The van der Waals surface area contributed by atoms with Crippen molar-refractivity contribution < 1.29 is 14.3 Å². The molecular weight excluding hydrogens is 500 g/mol. The van der Waals surface area contributed by atoms with E-state index in [0.29, 0.717) is 41.2 Å². The number of nitrogens with one attached hydrogen (secondary N) is 2. The SMILES string of the molecule is C=CC(=O)N1CC=C(c2cc3c(Oc4ccc(NC(=O)NC5CC5)c(Cl)c4)ccnc3cc2C(C)C)CC1. The normalized spacial score (nSPS) is 15.3. The zero-order chi connectivity index (χ0) is 26.8. The highest BCUT2D eigenvalue weighted by atomic mass is 35.5. The van der Waals surface area contributed by atoms with Crippen LogP contribution in [0, 0.1) is 0 Å². The predicted octanol–water partition coefficient (Wildman–Crippen LogP) is 6.89. The van der Waals surface area contributed by atoms with Crippen molar-refractivity contribution in [2.75, 3.05) is 18.4 Å². The second-order valence-electron chi connectivity index (χ2n) is 10.0. The molecule has 5 rings (SSSR count). The largest absolute Gasteiger partial charge is 0.457 e. The fraction of sp³-hybridized carbons (Fsp3) is 0.300. The topological polar surface area (TPSA) is 83.6 Å². The lowest BCUT2D eigenvalue weighted by molar-refractivity contribution is -0.125. The quantitative estimate of drug-likeness (QED) is 0.326. The minimum absolute atomic E-state index is 0.0498. The molecule has 1 aliphatic carbocycles. The number of ether oxygens (including phenoxy) is 1. The van der Waals surface area contributed by atoms with Crippen molar-refractivity contribution in [2.24, 2.45) is 0 Å². The van der Waals surface area contributed by atoms with E-state index in [-0.39, 0.29) is 18.0 Å². The number of benzene rings is 2. The van der Waals surface area contributed by atoms with Crippen LogP contribution in [0.1, 0.15) is 50.2 Å². The number of hydrogen-bond acceptors (Lipinski definition) is 4. The molecule has 0 unspecified atom stereocenters. The Labute approximate surface area is 227 Å². The smallest absolute Gasteiger partial charge is 0.319 e. The van der Waals surface area contributed by atoms with Crippen molar-refractivity contribution in [3.05, 3.63) is 77.5 Å². The van der Waals surface area contributed by atoms with Crippen molar-refractivity contribution in [1.82, 2.24) is 15.2 Å². The number of pyridine rings is 1. The second-order valence-corrected chi connectivity index (χ2v) is 10.4. The van der Waals surface area contributed by atoms with Gasteiger partial charge >= 0.3 is 6.03 Å². The Balaban J connectivity index is 1.43. The van der Waals surface area contributed by atoms with Gasteiger partial charge in [-0.25, -0.2) is 4.79 Å². The van der Waals surface area contributed by atoms with Gasteiger partial charge in [0, 0.05) is 36.8 Å². The van der Waals surface area contributed by atoms with Gasteiger partial charge in [0.25, 0.3) is 0 Å². The van der Waals surface area contributed by atoms with Crippen molar-refractivity contribution in [3.8, 4) is 11.5 Å². The first-order valence-electron chi connectivity index (χ1n) is 12.9. The van der Waals surface area contributed by atoms with E-state index in [1.165, 1.54) is 17.2 Å². The monoisotopic (exact) mass is 530 g/mol. The number of carbonyl (C=O) groups excluding carboxylic acids is 2. The number of anilines is 1. The number of rotatable bonds is 7. The molecule has 0 saturated heterocycles. The van der Waals surface area contributed by atoms with E-state index in [9.17, 15) is 9.59 Å². The summed E-state index contributed by atoms with van der Waals surface area (Å²) in [6, 6.07) is 11.3. The summed E-state index contributed by atoms with van der Waals surface area (Å²) in [5, 5.41) is 6.96. The van der Waals surface area contributed by atoms with Crippen molar-refractivity contribution in [2.45, 2.75) is 45.1 Å². The number of amides is 3. The Bertz CT molecular complexity index is 1440. The van der Waals surface area contributed by atoms with E-state index in [1.54, 1.807) is 29.3 Å². The van der Waals surface area contributed by atoms with Gasteiger partial charge in [0.1, 0.15) is 11.5 Å². The van der Waals surface area contributed by atoms with Crippen LogP contribution in [-0.4, -0.2) is 41.0 Å². The van der Waals surface area contributed by atoms with Crippen LogP contribution in [0.5, 0.6) is 11.5 Å². The maximum Gasteiger partial charge on any atom is 0.319 e. The molecule has 2 heterocycles. The zero-order valence-electron chi connectivity index (χ0n) is 21.6. The summed E-state index contributed by atoms with van der Waals surface area (Å²) in [6.45, 7) is 9.16. The average Bonchev–Trinajstić information content (AvgIpc) is 3.73. The Morgan fingerprint density at radius 2 is 2.03 bits per heavy atom. The highest BCUT2D eigenvalue weighted by molar-refractivity contribution is 6.33. The maximum atomic E-state index is 12.1. The van der Waals surface area contributed by atoms with E-state index in [2.05, 4.69) is 54.3 Å². The third-order valence-electron chi connectivity index (χ3n) is 6.87. The Hall–Kier alpha value is -3.84. The fourth-order valence-corrected chi connectivity index (χ4v) is 4.85. The average molecular weight is 531 g/mol. The predicted molar refractivity (Wildman–Crippen MR) is 152 cm³/mol. The van der Waals surface area contributed by atoms with Gasteiger partial charge in [-0.15, -0.1) is 0 Å². The number of fused-ring (bicyclic) bond motifs is 1. The maximum absolute atomic E-state index is 12.1. The molecule has 0 atom stereocenters. The van der Waals surface area contributed by atoms with E-state index in [1.807, 2.05) is 6.07 Å². The first kappa shape index (κ1) is 25.8. The first-order valence-corrected chi connectivity index (χ1v) is 13.3. The molecule has 196 valence electrons. The fourth-order valence-electron chi connectivity index (χ4n) is 4.63. The third kappa shape index (κ3) is 5.68. The van der Waals surface area contributed by atoms with Gasteiger partial charge in [-0.05, 0) is 78.3 Å². The summed E-state index contributed by atoms with van der Waals surface area (Å²) in [5.41, 5.74) is 4.93. The molecule has 7 nitrogen and oxygen atoms in total. The lowest BCUT2D eigenvalue weighted by Crippen LogP contribution is -2.33. The van der Waals surface area contributed by atoms with Crippen LogP contribution in [0.4, 0.5) is 10.5 Å². The molecule has 2 aromatic carbocycles. The van der Waals surface area contributed by atoms with Crippen LogP contribution in [0.25, 0.3) is 16.5 Å². The van der Waals surface area contributed by atoms with E-state index < -0.39 is 0 Å². The molecule has 1 saturated carbocycles. The van der Waals surface area contributed by atoms with Crippen LogP contribution in [0.3, 0.4) is 0 Å². The lowest BCUT2D eigenvalue weighted by Gasteiger charge is -2.27. The van der Waals surface area contributed by atoms with Crippen LogP contribution in [-0.2, 0) is 4.79 Å². The van der Waals surface area contributed by atoms with E-state index >= 15 is 0 Å². The molecule has 38 heavy (non-hydrogen) atoms. The number of aromatic nitrogens is 1. The van der Waals surface area contributed by atoms with Crippen LogP contribution < -0.4 is 15.4 Å². The van der Waals surface area contributed by atoms with Gasteiger partial charge in [-0.3, -0.25) is 9.78 Å². The number of halogens is 1. The van der Waals surface area contributed by atoms with Crippen molar-refractivity contribution in [1.29, 1.82) is 0 Å². The molecule has 8 heteroatoms. The molecule has 2 aliphatic rings. The molecule has 0 bridgehead atoms. The van der Waals surface area contributed by atoms with Crippen LogP contribution in [0.15, 0.2) is 61.3 Å². The molecule has 0 spiro atoms. The number of hydrogen-bond donors (Lipinski definition) is 2. The molecule has 2 N–H and O–H groups in total. The van der Waals surface area contributed by atoms with Gasteiger partial charge in [0.2, 0.25) is 5.91 Å². The highest BCUT2D eigenvalue weighted by Gasteiger charge is 2.24. The molecule has 1 aliphatic heterocycles. The summed E-state index contributed by atoms with van der Waals surface area (Å²) in [4.78, 5) is 30.5. The van der Waals surface area contributed by atoms with Gasteiger partial charge in [0.05, 0.1) is 16.2 Å². The summed E-state index contributed by atoms with van der Waals surface area (Å²) < 4.78 is 6.28. The molecular formula is C30H31ClN4O3. The van der Waals surface area contributed by atoms with E-state index in [4.69, 9.17) is 16.3 Å². The summed E-state index contributed by atoms with van der Waals surface area (Å²) in [7, 11) is 0. The minimum Gasteiger partial charge on any atom is -0.457 e. The summed E-state index contributed by atoms with van der Waals surface area (Å²) >= 11 is 6.46. The standard InChI is InChI=1S/C30H31ClN4O3/c1-4-29(36)35-13-10-19(11-14-35)23-16-24-27(17-22(23)18(2)3)32-12-9-28(24)38-21-7-8-26(25(31)15-21)34-30(37)33-20-5-6-20/h4,7-10,12,15-18,20H,1,5-6,11,13-14H2,2-3H3,(H2,33,34,37). The molecule has 0 radical (unpaired) electrons. The Kier molecular flexibility index (Phi) is 7.38.